The van der Waals surface area contributed by atoms with Crippen molar-refractivity contribution in [2.24, 2.45) is 5.73 Å². The molecule has 0 aromatic heterocycles. The average Bonchev–Trinajstić information content (AvgIpc) is 3.06. The van der Waals surface area contributed by atoms with E-state index in [0.717, 1.165) is 32.2 Å². The largest absolute Gasteiger partial charge is 0.325 e. The van der Waals surface area contributed by atoms with E-state index in [4.69, 9.17) is 5.73 Å². The second-order valence-electron chi connectivity index (χ2n) is 5.61. The minimum absolute atomic E-state index is 0.0568. The first-order valence-corrected chi connectivity index (χ1v) is 8.31. The van der Waals surface area contributed by atoms with Crippen LogP contribution in [-0.4, -0.2) is 74.0 Å². The summed E-state index contributed by atoms with van der Waals surface area (Å²) in [5.74, 6) is 0.429. The number of hydrogen-bond donors (Lipinski definition) is 1. The summed E-state index contributed by atoms with van der Waals surface area (Å²) in [6.07, 6.45) is 2.69. The molecule has 0 spiro atoms. The Balaban J connectivity index is 1.59. The molecule has 2 aliphatic heterocycles. The SMILES string of the molecule is NC1CS(=O)(=O)CC1N1CCN(C2CC2)CC1. The monoisotopic (exact) mass is 259 g/mol. The van der Waals surface area contributed by atoms with Crippen molar-refractivity contribution in [2.75, 3.05) is 37.7 Å². The molecule has 0 aromatic rings. The molecule has 2 heterocycles. The van der Waals surface area contributed by atoms with Gasteiger partial charge in [0.1, 0.15) is 0 Å². The predicted octanol–water partition coefficient (Wildman–Crippen LogP) is -1.11. The summed E-state index contributed by atoms with van der Waals surface area (Å²) in [4.78, 5) is 4.82. The fourth-order valence-electron chi connectivity index (χ4n) is 3.11. The number of piperazine rings is 1. The van der Waals surface area contributed by atoms with Crippen molar-refractivity contribution >= 4 is 9.84 Å². The van der Waals surface area contributed by atoms with Gasteiger partial charge in [-0.15, -0.1) is 0 Å². The number of sulfone groups is 1. The van der Waals surface area contributed by atoms with E-state index in [9.17, 15) is 8.42 Å². The van der Waals surface area contributed by atoms with Gasteiger partial charge in [-0.3, -0.25) is 9.80 Å². The van der Waals surface area contributed by atoms with Gasteiger partial charge in [-0.1, -0.05) is 0 Å². The molecule has 1 saturated carbocycles. The minimum atomic E-state index is -2.89. The minimum Gasteiger partial charge on any atom is -0.325 e. The van der Waals surface area contributed by atoms with E-state index in [1.54, 1.807) is 0 Å². The van der Waals surface area contributed by atoms with E-state index in [1.807, 2.05) is 0 Å². The van der Waals surface area contributed by atoms with Crippen LogP contribution in [0.1, 0.15) is 12.8 Å². The number of nitrogens with two attached hydrogens (primary N) is 1. The Bertz CT molecular complexity index is 386. The molecule has 0 amide bonds. The number of hydrogen-bond acceptors (Lipinski definition) is 5. The zero-order valence-electron chi connectivity index (χ0n) is 10.1. The third-order valence-corrected chi connectivity index (χ3v) is 5.99. The Kier molecular flexibility index (Phi) is 2.93. The Morgan fingerprint density at radius 1 is 0.941 bits per heavy atom. The standard InChI is InChI=1S/C11H21N3O2S/c12-10-7-17(15,16)8-11(10)14-5-3-13(4-6-14)9-1-2-9/h9-11H,1-8,12H2. The van der Waals surface area contributed by atoms with Gasteiger partial charge in [0.05, 0.1) is 11.5 Å². The van der Waals surface area contributed by atoms with Crippen molar-refractivity contribution in [3.05, 3.63) is 0 Å². The van der Waals surface area contributed by atoms with Crippen LogP contribution in [0.5, 0.6) is 0 Å². The van der Waals surface area contributed by atoms with E-state index in [1.165, 1.54) is 12.8 Å². The lowest BCUT2D eigenvalue weighted by atomic mass is 10.1. The van der Waals surface area contributed by atoms with E-state index < -0.39 is 9.84 Å². The summed E-state index contributed by atoms with van der Waals surface area (Å²) in [5.41, 5.74) is 5.96. The van der Waals surface area contributed by atoms with Crippen LogP contribution in [0.15, 0.2) is 0 Å². The normalized spacial score (nSPS) is 39.6. The van der Waals surface area contributed by atoms with Gasteiger partial charge in [0.2, 0.25) is 0 Å². The highest BCUT2D eigenvalue weighted by Gasteiger charge is 2.40. The van der Waals surface area contributed by atoms with Gasteiger partial charge in [0.15, 0.2) is 9.84 Å². The second-order valence-corrected chi connectivity index (χ2v) is 7.77. The van der Waals surface area contributed by atoms with Gasteiger partial charge >= 0.3 is 0 Å². The lowest BCUT2D eigenvalue weighted by molar-refractivity contribution is 0.0941. The predicted molar refractivity (Wildman–Crippen MR) is 66.6 cm³/mol. The Hall–Kier alpha value is -0.170. The zero-order valence-corrected chi connectivity index (χ0v) is 10.9. The van der Waals surface area contributed by atoms with Crippen LogP contribution in [0.25, 0.3) is 0 Å². The van der Waals surface area contributed by atoms with Crippen LogP contribution in [0, 0.1) is 0 Å². The van der Waals surface area contributed by atoms with E-state index >= 15 is 0 Å². The summed E-state index contributed by atoms with van der Waals surface area (Å²) >= 11 is 0. The van der Waals surface area contributed by atoms with Crippen LogP contribution < -0.4 is 5.73 Å². The summed E-state index contributed by atoms with van der Waals surface area (Å²) in [6, 6.07) is 0.687. The Morgan fingerprint density at radius 3 is 2.00 bits per heavy atom. The lowest BCUT2D eigenvalue weighted by Gasteiger charge is -2.39. The first-order valence-electron chi connectivity index (χ1n) is 6.49. The highest BCUT2D eigenvalue weighted by atomic mass is 32.2. The first kappa shape index (κ1) is 11.9. The molecular formula is C11H21N3O2S. The second kappa shape index (κ2) is 4.19. The van der Waals surface area contributed by atoms with Crippen LogP contribution in [0.3, 0.4) is 0 Å². The van der Waals surface area contributed by atoms with Crippen LogP contribution in [-0.2, 0) is 9.84 Å². The molecule has 2 N–H and O–H groups in total. The maximum atomic E-state index is 11.6. The molecule has 3 rings (SSSR count). The molecule has 0 radical (unpaired) electrons. The third kappa shape index (κ3) is 2.50. The fraction of sp³-hybridized carbons (Fsp3) is 1.00. The molecule has 2 unspecified atom stereocenters. The molecule has 3 fully saturated rings. The summed E-state index contributed by atoms with van der Waals surface area (Å²) in [6.45, 7) is 4.11. The molecule has 17 heavy (non-hydrogen) atoms. The smallest absolute Gasteiger partial charge is 0.153 e. The van der Waals surface area contributed by atoms with Gasteiger partial charge in [0, 0.05) is 44.3 Å². The van der Waals surface area contributed by atoms with Gasteiger partial charge in [0.25, 0.3) is 0 Å². The third-order valence-electron chi connectivity index (χ3n) is 4.25. The molecule has 98 valence electrons. The number of nitrogens with zero attached hydrogens (tertiary/aromatic N) is 2. The molecule has 5 nitrogen and oxygen atoms in total. The Morgan fingerprint density at radius 2 is 1.53 bits per heavy atom. The van der Waals surface area contributed by atoms with Crippen molar-refractivity contribution in [1.82, 2.24) is 9.80 Å². The highest BCUT2D eigenvalue weighted by molar-refractivity contribution is 7.91. The van der Waals surface area contributed by atoms with Gasteiger partial charge in [-0.2, -0.15) is 0 Å². The first-order chi connectivity index (χ1) is 8.05. The van der Waals surface area contributed by atoms with E-state index in [-0.39, 0.29) is 23.6 Å². The molecule has 0 aromatic carbocycles. The number of rotatable bonds is 2. The molecule has 2 saturated heterocycles. The Labute approximate surface area is 103 Å². The van der Waals surface area contributed by atoms with Gasteiger partial charge in [-0.05, 0) is 12.8 Å². The van der Waals surface area contributed by atoms with Gasteiger partial charge < -0.3 is 5.73 Å². The summed E-state index contributed by atoms with van der Waals surface area (Å²) in [5, 5.41) is 0. The van der Waals surface area contributed by atoms with E-state index in [2.05, 4.69) is 9.80 Å². The molecular weight excluding hydrogens is 238 g/mol. The summed E-state index contributed by atoms with van der Waals surface area (Å²) < 4.78 is 23.1. The molecule has 6 heteroatoms. The quantitative estimate of drug-likeness (QED) is 0.681. The summed E-state index contributed by atoms with van der Waals surface area (Å²) in [7, 11) is -2.89. The van der Waals surface area contributed by atoms with E-state index in [0.29, 0.717) is 0 Å². The highest BCUT2D eigenvalue weighted by Crippen LogP contribution is 2.28. The van der Waals surface area contributed by atoms with Crippen molar-refractivity contribution in [3.63, 3.8) is 0 Å². The maximum absolute atomic E-state index is 11.6. The molecule has 1 aliphatic carbocycles. The van der Waals surface area contributed by atoms with Crippen LogP contribution in [0.4, 0.5) is 0 Å². The average molecular weight is 259 g/mol. The van der Waals surface area contributed by atoms with Crippen molar-refractivity contribution < 1.29 is 8.42 Å². The van der Waals surface area contributed by atoms with Crippen molar-refractivity contribution in [2.45, 2.75) is 31.0 Å². The topological polar surface area (TPSA) is 66.6 Å². The molecule has 3 aliphatic rings. The van der Waals surface area contributed by atoms with Crippen LogP contribution in [0.2, 0.25) is 0 Å². The van der Waals surface area contributed by atoms with Crippen molar-refractivity contribution in [1.29, 1.82) is 0 Å². The van der Waals surface area contributed by atoms with Crippen LogP contribution >= 0.6 is 0 Å². The maximum Gasteiger partial charge on any atom is 0.153 e. The molecule has 0 bridgehead atoms. The van der Waals surface area contributed by atoms with Crippen molar-refractivity contribution in [3.8, 4) is 0 Å². The molecule has 2 atom stereocenters. The van der Waals surface area contributed by atoms with Gasteiger partial charge in [-0.25, -0.2) is 8.42 Å². The zero-order chi connectivity index (χ0) is 12.0. The lowest BCUT2D eigenvalue weighted by Crippen LogP contribution is -2.55. The fourth-order valence-corrected chi connectivity index (χ4v) is 5.03.